The van der Waals surface area contributed by atoms with Crippen LogP contribution in [0.3, 0.4) is 0 Å². The second kappa shape index (κ2) is 5.25. The van der Waals surface area contributed by atoms with Crippen molar-refractivity contribution in [1.82, 2.24) is 14.8 Å². The minimum absolute atomic E-state index is 0.246. The lowest BCUT2D eigenvalue weighted by atomic mass is 10.2. The molecular formula is C11H10Cl3N3. The molecule has 2 aromatic rings. The van der Waals surface area contributed by atoms with Crippen LogP contribution >= 0.6 is 34.8 Å². The highest BCUT2D eigenvalue weighted by Crippen LogP contribution is 2.31. The predicted octanol–water partition coefficient (Wildman–Crippen LogP) is 4.32. The van der Waals surface area contributed by atoms with E-state index in [9.17, 15) is 0 Å². The third-order valence-corrected chi connectivity index (χ3v) is 3.24. The van der Waals surface area contributed by atoms with Crippen LogP contribution in [0, 0.1) is 0 Å². The fourth-order valence-corrected chi connectivity index (χ4v) is 2.14. The van der Waals surface area contributed by atoms with E-state index < -0.39 is 0 Å². The number of hydrogen-bond acceptors (Lipinski definition) is 2. The molecule has 0 radical (unpaired) electrons. The van der Waals surface area contributed by atoms with Crippen LogP contribution in [0.25, 0.3) is 11.4 Å². The molecule has 2 rings (SSSR count). The molecule has 0 aliphatic carbocycles. The van der Waals surface area contributed by atoms with E-state index in [1.54, 1.807) is 12.3 Å². The molecular weight excluding hydrogens is 281 g/mol. The summed E-state index contributed by atoms with van der Waals surface area (Å²) < 4.78 is 1.85. The molecule has 0 fully saturated rings. The zero-order valence-electron chi connectivity index (χ0n) is 9.12. The van der Waals surface area contributed by atoms with Crippen molar-refractivity contribution in [1.29, 1.82) is 0 Å². The minimum atomic E-state index is 0.246. The molecule has 3 nitrogen and oxygen atoms in total. The summed E-state index contributed by atoms with van der Waals surface area (Å²) in [5.41, 5.74) is 1.45. The number of nitrogens with zero attached hydrogens (tertiary/aromatic N) is 3. The lowest BCUT2D eigenvalue weighted by molar-refractivity contribution is 0.608. The Kier molecular flexibility index (Phi) is 3.92. The van der Waals surface area contributed by atoms with Gasteiger partial charge in [-0.1, -0.05) is 41.7 Å². The van der Waals surface area contributed by atoms with Crippen LogP contribution in [0.4, 0.5) is 0 Å². The van der Waals surface area contributed by atoms with E-state index in [4.69, 9.17) is 34.8 Å². The van der Waals surface area contributed by atoms with Gasteiger partial charge in [-0.25, -0.2) is 4.98 Å². The maximum absolute atomic E-state index is 6.12. The maximum atomic E-state index is 6.12. The van der Waals surface area contributed by atoms with E-state index >= 15 is 0 Å². The van der Waals surface area contributed by atoms with Gasteiger partial charge in [-0.05, 0) is 18.6 Å². The maximum Gasteiger partial charge on any atom is 0.148 e. The summed E-state index contributed by atoms with van der Waals surface area (Å²) in [4.78, 5) is 4.20. The molecule has 0 aliphatic heterocycles. The monoisotopic (exact) mass is 289 g/mol. The van der Waals surface area contributed by atoms with Crippen LogP contribution in [0.5, 0.6) is 0 Å². The van der Waals surface area contributed by atoms with Crippen molar-refractivity contribution in [2.75, 3.05) is 0 Å². The lowest BCUT2D eigenvalue weighted by Crippen LogP contribution is -2.02. The van der Waals surface area contributed by atoms with Gasteiger partial charge < -0.3 is 0 Å². The number of aromatic nitrogens is 3. The Morgan fingerprint density at radius 1 is 1.24 bits per heavy atom. The first kappa shape index (κ1) is 12.7. The van der Waals surface area contributed by atoms with Crippen LogP contribution in [-0.4, -0.2) is 14.8 Å². The molecule has 17 heavy (non-hydrogen) atoms. The Balaban J connectivity index is 2.52. The zero-order valence-corrected chi connectivity index (χ0v) is 11.4. The Bertz CT molecular complexity index is 537. The van der Waals surface area contributed by atoms with Gasteiger partial charge in [0, 0.05) is 12.7 Å². The fraction of sp³-hybridized carbons (Fsp3) is 0.273. The number of pyridine rings is 1. The van der Waals surface area contributed by atoms with Crippen molar-refractivity contribution in [3.63, 3.8) is 0 Å². The standard InChI is InChI=1S/C11H10Cl3N3/c1-2-5-17-9(3-4-15-17)10-7(12)6-8(13)11(14)16-10/h3-4,6H,2,5H2,1H3. The van der Waals surface area contributed by atoms with Crippen molar-refractivity contribution >= 4 is 34.8 Å². The van der Waals surface area contributed by atoms with Crippen LogP contribution < -0.4 is 0 Å². The van der Waals surface area contributed by atoms with E-state index in [1.807, 2.05) is 10.7 Å². The van der Waals surface area contributed by atoms with Gasteiger partial charge >= 0.3 is 0 Å². The fourth-order valence-electron chi connectivity index (χ4n) is 1.55. The second-order valence-electron chi connectivity index (χ2n) is 3.53. The average molecular weight is 291 g/mol. The summed E-state index contributed by atoms with van der Waals surface area (Å²) in [5.74, 6) is 0. The molecule has 90 valence electrons. The van der Waals surface area contributed by atoms with E-state index in [0.29, 0.717) is 15.7 Å². The van der Waals surface area contributed by atoms with E-state index in [1.165, 1.54) is 0 Å². The lowest BCUT2D eigenvalue weighted by Gasteiger charge is -2.08. The molecule has 0 bridgehead atoms. The smallest absolute Gasteiger partial charge is 0.148 e. The van der Waals surface area contributed by atoms with E-state index in [-0.39, 0.29) is 5.15 Å². The van der Waals surface area contributed by atoms with Gasteiger partial charge in [-0.2, -0.15) is 5.10 Å². The molecule has 2 heterocycles. The highest BCUT2D eigenvalue weighted by molar-refractivity contribution is 6.42. The number of halogens is 3. The van der Waals surface area contributed by atoms with Gasteiger partial charge in [0.2, 0.25) is 0 Å². The SMILES string of the molecule is CCCn1nccc1-c1nc(Cl)c(Cl)cc1Cl. The van der Waals surface area contributed by atoms with Crippen LogP contribution in [-0.2, 0) is 6.54 Å². The van der Waals surface area contributed by atoms with Gasteiger partial charge in [0.15, 0.2) is 0 Å². The Morgan fingerprint density at radius 2 is 2.00 bits per heavy atom. The molecule has 0 aliphatic rings. The molecule has 0 saturated carbocycles. The third-order valence-electron chi connectivity index (χ3n) is 2.28. The van der Waals surface area contributed by atoms with Gasteiger partial charge in [-0.15, -0.1) is 0 Å². The highest BCUT2D eigenvalue weighted by Gasteiger charge is 2.13. The highest BCUT2D eigenvalue weighted by atomic mass is 35.5. The summed E-state index contributed by atoms with van der Waals surface area (Å²) in [6.45, 7) is 2.88. The predicted molar refractivity (Wildman–Crippen MR) is 70.8 cm³/mol. The summed E-state index contributed by atoms with van der Waals surface area (Å²) >= 11 is 17.9. The van der Waals surface area contributed by atoms with Crippen molar-refractivity contribution in [3.8, 4) is 11.4 Å². The van der Waals surface area contributed by atoms with Gasteiger partial charge in [0.05, 0.1) is 15.7 Å². The molecule has 0 atom stereocenters. The van der Waals surface area contributed by atoms with Crippen molar-refractivity contribution in [2.45, 2.75) is 19.9 Å². The van der Waals surface area contributed by atoms with Crippen LogP contribution in [0.1, 0.15) is 13.3 Å². The summed E-state index contributed by atoms with van der Waals surface area (Å²) in [5, 5.41) is 5.28. The number of aryl methyl sites for hydroxylation is 1. The van der Waals surface area contributed by atoms with Crippen molar-refractivity contribution in [2.24, 2.45) is 0 Å². The van der Waals surface area contributed by atoms with Gasteiger partial charge in [-0.3, -0.25) is 4.68 Å². The molecule has 0 spiro atoms. The van der Waals surface area contributed by atoms with Gasteiger partial charge in [0.25, 0.3) is 0 Å². The van der Waals surface area contributed by atoms with E-state index in [2.05, 4.69) is 17.0 Å². The number of rotatable bonds is 3. The van der Waals surface area contributed by atoms with Crippen LogP contribution in [0.15, 0.2) is 18.3 Å². The topological polar surface area (TPSA) is 30.7 Å². The first-order chi connectivity index (χ1) is 8.13. The van der Waals surface area contributed by atoms with Crippen molar-refractivity contribution in [3.05, 3.63) is 33.5 Å². The van der Waals surface area contributed by atoms with E-state index in [0.717, 1.165) is 18.7 Å². The molecule has 0 unspecified atom stereocenters. The molecule has 0 amide bonds. The first-order valence-electron chi connectivity index (χ1n) is 5.17. The van der Waals surface area contributed by atoms with Crippen LogP contribution in [0.2, 0.25) is 15.2 Å². The second-order valence-corrected chi connectivity index (χ2v) is 4.70. The van der Waals surface area contributed by atoms with Gasteiger partial charge in [0.1, 0.15) is 10.8 Å². The Hall–Kier alpha value is -0.770. The Labute approximate surface area is 114 Å². The molecule has 0 N–H and O–H groups in total. The average Bonchev–Trinajstić information content (AvgIpc) is 2.72. The summed E-state index contributed by atoms with van der Waals surface area (Å²) in [6, 6.07) is 3.45. The largest absolute Gasteiger partial charge is 0.263 e. The molecule has 6 heteroatoms. The molecule has 0 aromatic carbocycles. The summed E-state index contributed by atoms with van der Waals surface area (Å²) in [6.07, 6.45) is 2.69. The number of hydrogen-bond donors (Lipinski definition) is 0. The normalized spacial score (nSPS) is 10.8. The third kappa shape index (κ3) is 2.57. The minimum Gasteiger partial charge on any atom is -0.263 e. The first-order valence-corrected chi connectivity index (χ1v) is 6.30. The Morgan fingerprint density at radius 3 is 2.71 bits per heavy atom. The van der Waals surface area contributed by atoms with Crippen molar-refractivity contribution < 1.29 is 0 Å². The summed E-state index contributed by atoms with van der Waals surface area (Å²) in [7, 11) is 0. The molecule has 0 saturated heterocycles. The molecule has 2 aromatic heterocycles. The quantitative estimate of drug-likeness (QED) is 0.788. The zero-order chi connectivity index (χ0) is 12.4.